The summed E-state index contributed by atoms with van der Waals surface area (Å²) < 4.78 is 37.9. The summed E-state index contributed by atoms with van der Waals surface area (Å²) >= 11 is 0. The molecule has 4 aromatic heterocycles. The number of benzene rings is 2. The molecule has 0 atom stereocenters. The number of nitrogens with zero attached hydrogens (tertiary/aromatic N) is 3. The lowest BCUT2D eigenvalue weighted by molar-refractivity contribution is 0.600. The number of aromatic amines is 2. The van der Waals surface area contributed by atoms with Crippen LogP contribution in [0, 0.1) is 5.82 Å². The average molecular weight is 569 g/mol. The van der Waals surface area contributed by atoms with Crippen molar-refractivity contribution >= 4 is 31.6 Å². The summed E-state index contributed by atoms with van der Waals surface area (Å²) in [6.45, 7) is 3.68. The highest BCUT2D eigenvalue weighted by molar-refractivity contribution is 7.90. The van der Waals surface area contributed by atoms with Crippen LogP contribution in [0.5, 0.6) is 0 Å². The van der Waals surface area contributed by atoms with Gasteiger partial charge in [-0.2, -0.15) is 5.10 Å². The van der Waals surface area contributed by atoms with E-state index in [4.69, 9.17) is 0 Å². The van der Waals surface area contributed by atoms with E-state index in [0.29, 0.717) is 11.1 Å². The number of sulfone groups is 1. The molecule has 0 aliphatic heterocycles. The molecule has 8 nitrogen and oxygen atoms in total. The minimum Gasteiger partial charge on any atom is -0.353 e. The third kappa shape index (κ3) is 5.75. The van der Waals surface area contributed by atoms with Gasteiger partial charge in [0.15, 0.2) is 0 Å². The second kappa shape index (κ2) is 10.9. The van der Waals surface area contributed by atoms with Crippen LogP contribution in [0.1, 0.15) is 18.1 Å². The van der Waals surface area contributed by atoms with E-state index in [2.05, 4.69) is 43.5 Å². The largest absolute Gasteiger partial charge is 0.353 e. The maximum absolute atomic E-state index is 14.6. The lowest BCUT2D eigenvalue weighted by atomic mass is 9.98. The number of hydrogen-bond acceptors (Lipinski definition) is 6. The number of H-pyrrole nitrogens is 2. The third-order valence-electron chi connectivity index (χ3n) is 7.07. The van der Waals surface area contributed by atoms with Gasteiger partial charge in [0.2, 0.25) is 0 Å². The summed E-state index contributed by atoms with van der Waals surface area (Å²) in [7, 11) is -3.16. The Labute approximate surface area is 237 Å². The second-order valence-electron chi connectivity index (χ2n) is 10.2. The van der Waals surface area contributed by atoms with Crippen LogP contribution in [0.15, 0.2) is 73.2 Å². The summed E-state index contributed by atoms with van der Waals surface area (Å²) in [6.07, 6.45) is 6.87. The van der Waals surface area contributed by atoms with Crippen molar-refractivity contribution in [2.45, 2.75) is 19.9 Å². The standard InChI is InChI=1S/C31H29FN6O2S/c1-3-33-15-20-10-22(17-34-16-20)28-14-26-30(18-35-28)37-38-31(26)29-13-25-24(5-4-6-27(25)36-29)21-9-19(11-23(32)12-21)7-8-41(2,39)40/h4-6,9-14,16-18,33,36H,3,7-8,15H2,1-2H3,(H,37,38). The quantitative estimate of drug-likeness (QED) is 0.207. The first-order valence-corrected chi connectivity index (χ1v) is 15.4. The lowest BCUT2D eigenvalue weighted by Gasteiger charge is -2.08. The van der Waals surface area contributed by atoms with Crippen molar-refractivity contribution in [1.82, 2.24) is 30.5 Å². The first-order chi connectivity index (χ1) is 19.8. The fraction of sp³-hybridized carbons (Fsp3) is 0.194. The zero-order chi connectivity index (χ0) is 28.6. The van der Waals surface area contributed by atoms with Crippen LogP contribution in [0.25, 0.3) is 55.6 Å². The van der Waals surface area contributed by atoms with E-state index < -0.39 is 15.7 Å². The van der Waals surface area contributed by atoms with Gasteiger partial charge in [0.25, 0.3) is 0 Å². The summed E-state index contributed by atoms with van der Waals surface area (Å²) in [6, 6.07) is 16.7. The van der Waals surface area contributed by atoms with E-state index in [1.165, 1.54) is 18.4 Å². The number of aromatic nitrogens is 5. The molecular weight excluding hydrogens is 539 g/mol. The molecule has 0 bridgehead atoms. The molecule has 2 aromatic carbocycles. The van der Waals surface area contributed by atoms with Crippen molar-refractivity contribution in [3.63, 3.8) is 0 Å². The zero-order valence-electron chi connectivity index (χ0n) is 22.7. The molecular formula is C31H29FN6O2S. The highest BCUT2D eigenvalue weighted by Crippen LogP contribution is 2.35. The average Bonchev–Trinajstić information content (AvgIpc) is 3.58. The smallest absolute Gasteiger partial charge is 0.147 e. The van der Waals surface area contributed by atoms with Gasteiger partial charge in [-0.15, -0.1) is 0 Å². The molecule has 0 aliphatic rings. The van der Waals surface area contributed by atoms with Gasteiger partial charge < -0.3 is 10.3 Å². The number of rotatable bonds is 9. The predicted molar refractivity (Wildman–Crippen MR) is 161 cm³/mol. The molecule has 0 saturated heterocycles. The van der Waals surface area contributed by atoms with E-state index in [1.807, 2.05) is 48.8 Å². The third-order valence-corrected chi connectivity index (χ3v) is 8.01. The molecule has 208 valence electrons. The molecule has 0 unspecified atom stereocenters. The fourth-order valence-electron chi connectivity index (χ4n) is 5.06. The monoisotopic (exact) mass is 568 g/mol. The number of halogens is 1. The van der Waals surface area contributed by atoms with Crippen molar-refractivity contribution in [2.24, 2.45) is 0 Å². The minimum atomic E-state index is -3.16. The van der Waals surface area contributed by atoms with Crippen molar-refractivity contribution in [2.75, 3.05) is 18.6 Å². The summed E-state index contributed by atoms with van der Waals surface area (Å²) in [5.74, 6) is -0.436. The predicted octanol–water partition coefficient (Wildman–Crippen LogP) is 5.67. The highest BCUT2D eigenvalue weighted by atomic mass is 32.2. The Morgan fingerprint density at radius 3 is 2.61 bits per heavy atom. The van der Waals surface area contributed by atoms with Gasteiger partial charge in [-0.3, -0.25) is 15.1 Å². The molecule has 6 rings (SSSR count). The molecule has 10 heteroatoms. The van der Waals surface area contributed by atoms with Crippen molar-refractivity contribution in [3.8, 4) is 33.8 Å². The maximum Gasteiger partial charge on any atom is 0.147 e. The number of pyridine rings is 2. The summed E-state index contributed by atoms with van der Waals surface area (Å²) in [4.78, 5) is 12.5. The summed E-state index contributed by atoms with van der Waals surface area (Å²) in [5.41, 5.74) is 8.21. The Bertz CT molecular complexity index is 2000. The molecule has 0 fully saturated rings. The van der Waals surface area contributed by atoms with Gasteiger partial charge in [0.1, 0.15) is 21.3 Å². The molecule has 4 heterocycles. The van der Waals surface area contributed by atoms with Gasteiger partial charge in [0.05, 0.1) is 28.9 Å². The van der Waals surface area contributed by atoms with Gasteiger partial charge in [-0.25, -0.2) is 12.8 Å². The second-order valence-corrected chi connectivity index (χ2v) is 12.5. The van der Waals surface area contributed by atoms with E-state index in [9.17, 15) is 12.8 Å². The highest BCUT2D eigenvalue weighted by Gasteiger charge is 2.16. The first kappa shape index (κ1) is 26.8. The zero-order valence-corrected chi connectivity index (χ0v) is 23.5. The van der Waals surface area contributed by atoms with Crippen LogP contribution in [0.2, 0.25) is 0 Å². The Hall–Kier alpha value is -4.41. The molecule has 0 saturated carbocycles. The Balaban J connectivity index is 1.39. The number of nitrogens with one attached hydrogen (secondary N) is 3. The van der Waals surface area contributed by atoms with Crippen LogP contribution in [-0.2, 0) is 22.8 Å². The van der Waals surface area contributed by atoms with E-state index in [-0.39, 0.29) is 12.2 Å². The lowest BCUT2D eigenvalue weighted by Crippen LogP contribution is -2.11. The van der Waals surface area contributed by atoms with Crippen LogP contribution in [-0.4, -0.2) is 52.1 Å². The molecule has 0 radical (unpaired) electrons. The molecule has 41 heavy (non-hydrogen) atoms. The normalized spacial score (nSPS) is 12.0. The van der Waals surface area contributed by atoms with Gasteiger partial charge in [-0.05, 0) is 71.6 Å². The molecule has 0 spiro atoms. The van der Waals surface area contributed by atoms with E-state index in [0.717, 1.165) is 68.7 Å². The van der Waals surface area contributed by atoms with Crippen LogP contribution >= 0.6 is 0 Å². The number of fused-ring (bicyclic) bond motifs is 2. The van der Waals surface area contributed by atoms with Crippen LogP contribution < -0.4 is 5.32 Å². The molecule has 6 aromatic rings. The maximum atomic E-state index is 14.6. The number of aryl methyl sites for hydroxylation is 1. The fourth-order valence-corrected chi connectivity index (χ4v) is 5.67. The van der Waals surface area contributed by atoms with Crippen molar-refractivity contribution in [3.05, 3.63) is 90.1 Å². The minimum absolute atomic E-state index is 0.0343. The number of hydrogen-bond donors (Lipinski definition) is 3. The van der Waals surface area contributed by atoms with Gasteiger partial charge in [-0.1, -0.05) is 25.1 Å². The Kier molecular flexibility index (Phi) is 7.10. The molecule has 0 amide bonds. The summed E-state index contributed by atoms with van der Waals surface area (Å²) in [5, 5.41) is 12.8. The molecule has 3 N–H and O–H groups in total. The van der Waals surface area contributed by atoms with E-state index in [1.54, 1.807) is 6.20 Å². The van der Waals surface area contributed by atoms with Gasteiger partial charge in [0, 0.05) is 47.0 Å². The van der Waals surface area contributed by atoms with Crippen LogP contribution in [0.4, 0.5) is 4.39 Å². The van der Waals surface area contributed by atoms with Crippen LogP contribution in [0.3, 0.4) is 0 Å². The SMILES string of the molecule is CCNCc1cncc(-c2cc3c(-c4cc5c(-c6cc(F)cc(CCS(C)(=O)=O)c6)cccc5[nH]4)n[nH]c3cn2)c1. The van der Waals surface area contributed by atoms with Crippen molar-refractivity contribution in [1.29, 1.82) is 0 Å². The van der Waals surface area contributed by atoms with Gasteiger partial charge >= 0.3 is 0 Å². The molecule has 0 aliphatic carbocycles. The van der Waals surface area contributed by atoms with E-state index >= 15 is 0 Å². The Morgan fingerprint density at radius 2 is 1.78 bits per heavy atom. The topological polar surface area (TPSA) is 116 Å². The first-order valence-electron chi connectivity index (χ1n) is 13.4. The Morgan fingerprint density at radius 1 is 0.927 bits per heavy atom. The van der Waals surface area contributed by atoms with Crippen molar-refractivity contribution < 1.29 is 12.8 Å².